The highest BCUT2D eigenvalue weighted by Gasteiger charge is 2.30. The molecule has 14 heavy (non-hydrogen) atoms. The van der Waals surface area contributed by atoms with Crippen LogP contribution in [0.3, 0.4) is 0 Å². The van der Waals surface area contributed by atoms with E-state index in [1.807, 2.05) is 0 Å². The maximum Gasteiger partial charge on any atom is 0.513 e. The van der Waals surface area contributed by atoms with Crippen LogP contribution in [0.4, 0.5) is 4.20 Å². The molecule has 0 heterocycles. The standard InChI is InChI=1S/C9H18FO3P/c1-8(13-14(10,11)12-2)9-6-4-3-5-7-9/h8-9H,3-7H2,1-2H3. The van der Waals surface area contributed by atoms with Gasteiger partial charge in [-0.15, -0.1) is 4.20 Å². The summed E-state index contributed by atoms with van der Waals surface area (Å²) >= 11 is 0. The first-order valence-electron chi connectivity index (χ1n) is 5.09. The summed E-state index contributed by atoms with van der Waals surface area (Å²) in [6, 6.07) is 0. The van der Waals surface area contributed by atoms with Gasteiger partial charge in [-0.3, -0.25) is 9.05 Å². The molecule has 2 unspecified atom stereocenters. The van der Waals surface area contributed by atoms with E-state index in [-0.39, 0.29) is 6.10 Å². The fraction of sp³-hybridized carbons (Fsp3) is 1.00. The second-order valence-corrected chi connectivity index (χ2v) is 5.26. The molecule has 1 saturated carbocycles. The fourth-order valence-corrected chi connectivity index (χ4v) is 2.59. The van der Waals surface area contributed by atoms with Gasteiger partial charge in [0.2, 0.25) is 0 Å². The van der Waals surface area contributed by atoms with Crippen molar-refractivity contribution in [2.45, 2.75) is 45.1 Å². The molecule has 0 aromatic carbocycles. The molecule has 3 nitrogen and oxygen atoms in total. The van der Waals surface area contributed by atoms with Crippen molar-refractivity contribution < 1.29 is 17.8 Å². The zero-order valence-electron chi connectivity index (χ0n) is 8.74. The van der Waals surface area contributed by atoms with E-state index in [9.17, 15) is 8.76 Å². The minimum atomic E-state index is -4.30. The molecule has 0 amide bonds. The number of hydrogen-bond acceptors (Lipinski definition) is 3. The van der Waals surface area contributed by atoms with Crippen LogP contribution < -0.4 is 0 Å². The van der Waals surface area contributed by atoms with Crippen LogP contribution in [0.5, 0.6) is 0 Å². The molecule has 1 aliphatic rings. The monoisotopic (exact) mass is 224 g/mol. The van der Waals surface area contributed by atoms with Gasteiger partial charge in [-0.2, -0.15) is 0 Å². The van der Waals surface area contributed by atoms with Gasteiger partial charge in [0.25, 0.3) is 0 Å². The lowest BCUT2D eigenvalue weighted by Crippen LogP contribution is -2.21. The maximum atomic E-state index is 12.9. The average Bonchev–Trinajstić information content (AvgIpc) is 2.19. The van der Waals surface area contributed by atoms with Gasteiger partial charge < -0.3 is 0 Å². The van der Waals surface area contributed by atoms with Crippen molar-refractivity contribution in [1.29, 1.82) is 0 Å². The molecule has 0 aromatic heterocycles. The molecule has 0 bridgehead atoms. The molecule has 0 spiro atoms. The van der Waals surface area contributed by atoms with Gasteiger partial charge >= 0.3 is 7.91 Å². The van der Waals surface area contributed by atoms with E-state index in [1.165, 1.54) is 6.42 Å². The minimum Gasteiger partial charge on any atom is -0.287 e. The molecular weight excluding hydrogens is 206 g/mol. The topological polar surface area (TPSA) is 35.5 Å². The Morgan fingerprint density at radius 3 is 2.43 bits per heavy atom. The normalized spacial score (nSPS) is 25.6. The van der Waals surface area contributed by atoms with E-state index < -0.39 is 7.91 Å². The Morgan fingerprint density at radius 1 is 1.36 bits per heavy atom. The highest BCUT2D eigenvalue weighted by molar-refractivity contribution is 7.48. The summed E-state index contributed by atoms with van der Waals surface area (Å²) in [7, 11) is -3.23. The van der Waals surface area contributed by atoms with Gasteiger partial charge in [0.15, 0.2) is 0 Å². The lowest BCUT2D eigenvalue weighted by Gasteiger charge is -2.27. The SMILES string of the molecule is COP(=O)(F)OC(C)C1CCCCC1. The van der Waals surface area contributed by atoms with Crippen molar-refractivity contribution in [3.05, 3.63) is 0 Å². The Kier molecular flexibility index (Phi) is 4.55. The smallest absolute Gasteiger partial charge is 0.287 e. The van der Waals surface area contributed by atoms with Gasteiger partial charge in [-0.1, -0.05) is 19.3 Å². The summed E-state index contributed by atoms with van der Waals surface area (Å²) in [6.45, 7) is 1.77. The molecule has 1 aliphatic carbocycles. The largest absolute Gasteiger partial charge is 0.513 e. The Hall–Kier alpha value is 0.0800. The minimum absolute atomic E-state index is 0.314. The van der Waals surface area contributed by atoms with Crippen LogP contribution in [-0.2, 0) is 13.6 Å². The van der Waals surface area contributed by atoms with Crippen LogP contribution in [0.2, 0.25) is 0 Å². The van der Waals surface area contributed by atoms with Gasteiger partial charge in [0.1, 0.15) is 0 Å². The zero-order chi connectivity index (χ0) is 10.6. The van der Waals surface area contributed by atoms with Crippen LogP contribution in [0.25, 0.3) is 0 Å². The molecular formula is C9H18FO3P. The Balaban J connectivity index is 2.40. The molecule has 1 rings (SSSR count). The summed E-state index contributed by atoms with van der Waals surface area (Å²) in [5, 5.41) is 0. The Labute approximate surface area is 84.6 Å². The number of hydrogen-bond donors (Lipinski definition) is 0. The molecule has 2 atom stereocenters. The van der Waals surface area contributed by atoms with Crippen LogP contribution in [0.1, 0.15) is 39.0 Å². The summed E-state index contributed by atoms with van der Waals surface area (Å²) in [5.74, 6) is 0.322. The molecule has 1 fully saturated rings. The van der Waals surface area contributed by atoms with Gasteiger partial charge in [-0.05, 0) is 25.7 Å². The number of rotatable bonds is 4. The van der Waals surface area contributed by atoms with E-state index in [0.717, 1.165) is 32.8 Å². The highest BCUT2D eigenvalue weighted by atomic mass is 31.2. The van der Waals surface area contributed by atoms with Crippen LogP contribution in [-0.4, -0.2) is 13.2 Å². The average molecular weight is 224 g/mol. The molecule has 0 radical (unpaired) electrons. The van der Waals surface area contributed by atoms with E-state index in [1.54, 1.807) is 6.92 Å². The van der Waals surface area contributed by atoms with Crippen LogP contribution in [0, 0.1) is 5.92 Å². The fourth-order valence-electron chi connectivity index (χ4n) is 1.93. The van der Waals surface area contributed by atoms with Crippen molar-refractivity contribution in [2.75, 3.05) is 7.11 Å². The van der Waals surface area contributed by atoms with Gasteiger partial charge in [-0.25, -0.2) is 4.57 Å². The van der Waals surface area contributed by atoms with Gasteiger partial charge in [0.05, 0.1) is 6.10 Å². The van der Waals surface area contributed by atoms with Crippen LogP contribution >= 0.6 is 7.91 Å². The summed E-state index contributed by atoms with van der Waals surface area (Å²) in [5.41, 5.74) is 0. The third-order valence-electron chi connectivity index (χ3n) is 2.82. The van der Waals surface area contributed by atoms with Crippen molar-refractivity contribution in [3.8, 4) is 0 Å². The van der Waals surface area contributed by atoms with Crippen molar-refractivity contribution >= 4 is 7.91 Å². The zero-order valence-corrected chi connectivity index (χ0v) is 9.63. The molecule has 0 aromatic rings. The Morgan fingerprint density at radius 2 is 1.93 bits per heavy atom. The lowest BCUT2D eigenvalue weighted by atomic mass is 9.86. The lowest BCUT2D eigenvalue weighted by molar-refractivity contribution is 0.0879. The molecule has 84 valence electrons. The van der Waals surface area contributed by atoms with Crippen LogP contribution in [0.15, 0.2) is 0 Å². The third-order valence-corrected chi connectivity index (χ3v) is 3.84. The molecule has 0 saturated heterocycles. The van der Waals surface area contributed by atoms with Crippen molar-refractivity contribution in [2.24, 2.45) is 5.92 Å². The second-order valence-electron chi connectivity index (χ2n) is 3.82. The first-order valence-corrected chi connectivity index (χ1v) is 6.52. The van der Waals surface area contributed by atoms with Crippen molar-refractivity contribution in [3.63, 3.8) is 0 Å². The van der Waals surface area contributed by atoms with Gasteiger partial charge in [0, 0.05) is 7.11 Å². The van der Waals surface area contributed by atoms with E-state index >= 15 is 0 Å². The summed E-state index contributed by atoms with van der Waals surface area (Å²) in [6.07, 6.45) is 5.30. The third kappa shape index (κ3) is 3.68. The highest BCUT2D eigenvalue weighted by Crippen LogP contribution is 2.51. The number of halogens is 1. The molecule has 0 aliphatic heterocycles. The molecule has 5 heteroatoms. The second kappa shape index (κ2) is 5.24. The Bertz CT molecular complexity index is 216. The first kappa shape index (κ1) is 12.2. The first-order chi connectivity index (χ1) is 6.55. The predicted molar refractivity (Wildman–Crippen MR) is 52.8 cm³/mol. The quantitative estimate of drug-likeness (QED) is 0.683. The maximum absolute atomic E-state index is 12.9. The van der Waals surface area contributed by atoms with Crippen molar-refractivity contribution in [1.82, 2.24) is 0 Å². The van der Waals surface area contributed by atoms with E-state index in [4.69, 9.17) is 4.52 Å². The predicted octanol–water partition coefficient (Wildman–Crippen LogP) is 3.70. The summed E-state index contributed by atoms with van der Waals surface area (Å²) < 4.78 is 32.8. The van der Waals surface area contributed by atoms with E-state index in [0.29, 0.717) is 5.92 Å². The summed E-state index contributed by atoms with van der Waals surface area (Å²) in [4.78, 5) is 0. The molecule has 0 N–H and O–H groups in total. The van der Waals surface area contributed by atoms with E-state index in [2.05, 4.69) is 4.52 Å².